The van der Waals surface area contributed by atoms with E-state index in [-0.39, 0.29) is 11.8 Å². The molecular weight excluding hydrogens is 495 g/mol. The highest BCUT2D eigenvalue weighted by Gasteiger charge is 2.25. The van der Waals surface area contributed by atoms with Crippen LogP contribution in [0.5, 0.6) is 5.75 Å². The van der Waals surface area contributed by atoms with E-state index in [1.54, 1.807) is 35.1 Å². The number of para-hydroxylation sites is 1. The normalized spacial score (nSPS) is 14.0. The van der Waals surface area contributed by atoms with Crippen molar-refractivity contribution < 1.29 is 18.7 Å². The summed E-state index contributed by atoms with van der Waals surface area (Å²) in [6.07, 6.45) is 4.61. The first-order chi connectivity index (χ1) is 16.5. The van der Waals surface area contributed by atoms with Gasteiger partial charge in [-0.25, -0.2) is 0 Å². The van der Waals surface area contributed by atoms with Crippen LogP contribution in [0.15, 0.2) is 75.1 Å². The predicted octanol–water partition coefficient (Wildman–Crippen LogP) is 5.74. The Morgan fingerprint density at radius 1 is 0.941 bits per heavy atom. The number of hydrogen-bond acceptors (Lipinski definition) is 5. The smallest absolute Gasteiger partial charge is 0.289 e. The SMILES string of the molecule is COc1ccccc1Sc1ccc(/C=C/C(=O)N2CCN(C(=O)c3ccco3)CC2)c(Cl)c1Cl. The van der Waals surface area contributed by atoms with Crippen LogP contribution >= 0.6 is 35.0 Å². The molecule has 2 aromatic carbocycles. The fourth-order valence-electron chi connectivity index (χ4n) is 3.53. The number of ether oxygens (including phenoxy) is 1. The molecule has 0 saturated carbocycles. The molecule has 0 bridgehead atoms. The summed E-state index contributed by atoms with van der Waals surface area (Å²) in [6.45, 7) is 1.78. The summed E-state index contributed by atoms with van der Waals surface area (Å²) in [5.74, 6) is 0.739. The van der Waals surface area contributed by atoms with Gasteiger partial charge in [0.15, 0.2) is 5.76 Å². The fraction of sp³-hybridized carbons (Fsp3) is 0.200. The van der Waals surface area contributed by atoms with Gasteiger partial charge in [0.2, 0.25) is 5.91 Å². The van der Waals surface area contributed by atoms with Gasteiger partial charge in [-0.15, -0.1) is 0 Å². The molecule has 1 aliphatic heterocycles. The topological polar surface area (TPSA) is 63.0 Å². The van der Waals surface area contributed by atoms with E-state index in [1.807, 2.05) is 36.4 Å². The largest absolute Gasteiger partial charge is 0.496 e. The Bertz CT molecular complexity index is 1210. The molecule has 176 valence electrons. The Kier molecular flexibility index (Phi) is 7.88. The third-order valence-corrected chi connectivity index (χ3v) is 7.51. The first-order valence-electron chi connectivity index (χ1n) is 10.6. The second-order valence-electron chi connectivity index (χ2n) is 7.46. The van der Waals surface area contributed by atoms with Crippen molar-refractivity contribution in [1.82, 2.24) is 9.80 Å². The highest BCUT2D eigenvalue weighted by atomic mass is 35.5. The van der Waals surface area contributed by atoms with Crippen molar-refractivity contribution in [3.05, 3.63) is 82.2 Å². The second-order valence-corrected chi connectivity index (χ2v) is 9.30. The average molecular weight is 517 g/mol. The summed E-state index contributed by atoms with van der Waals surface area (Å²) in [4.78, 5) is 30.1. The molecule has 0 spiro atoms. The third kappa shape index (κ3) is 5.43. The number of carbonyl (C=O) groups is 2. The van der Waals surface area contributed by atoms with Gasteiger partial charge < -0.3 is 19.0 Å². The second kappa shape index (κ2) is 11.0. The van der Waals surface area contributed by atoms with Crippen molar-refractivity contribution in [1.29, 1.82) is 0 Å². The van der Waals surface area contributed by atoms with Gasteiger partial charge in [0.05, 0.1) is 28.3 Å². The lowest BCUT2D eigenvalue weighted by atomic mass is 10.2. The number of carbonyl (C=O) groups excluding carboxylic acids is 2. The average Bonchev–Trinajstić information content (AvgIpc) is 3.41. The number of halogens is 2. The molecule has 0 atom stereocenters. The van der Waals surface area contributed by atoms with Crippen LogP contribution in [0.4, 0.5) is 0 Å². The molecule has 1 fully saturated rings. The minimum absolute atomic E-state index is 0.148. The molecule has 2 heterocycles. The maximum absolute atomic E-state index is 12.7. The summed E-state index contributed by atoms with van der Waals surface area (Å²) in [5.41, 5.74) is 0.649. The molecule has 4 rings (SSSR count). The van der Waals surface area contributed by atoms with Gasteiger partial charge in [-0.3, -0.25) is 9.59 Å². The van der Waals surface area contributed by atoms with Gasteiger partial charge in [-0.05, 0) is 42.0 Å². The molecule has 1 saturated heterocycles. The number of amides is 2. The summed E-state index contributed by atoms with van der Waals surface area (Å²) in [7, 11) is 1.62. The molecule has 3 aromatic rings. The van der Waals surface area contributed by atoms with Crippen molar-refractivity contribution in [3.8, 4) is 5.75 Å². The number of hydrogen-bond donors (Lipinski definition) is 0. The number of piperazine rings is 1. The van der Waals surface area contributed by atoms with E-state index in [9.17, 15) is 9.59 Å². The fourth-order valence-corrected chi connectivity index (χ4v) is 5.06. The molecule has 6 nitrogen and oxygen atoms in total. The van der Waals surface area contributed by atoms with Gasteiger partial charge in [0.1, 0.15) is 5.75 Å². The molecule has 0 unspecified atom stereocenters. The lowest BCUT2D eigenvalue weighted by Crippen LogP contribution is -2.50. The van der Waals surface area contributed by atoms with Crippen molar-refractivity contribution in [2.75, 3.05) is 33.3 Å². The molecule has 34 heavy (non-hydrogen) atoms. The highest BCUT2D eigenvalue weighted by Crippen LogP contribution is 2.42. The van der Waals surface area contributed by atoms with Gasteiger partial charge in [0, 0.05) is 37.2 Å². The molecular formula is C25H22Cl2N2O4S. The summed E-state index contributed by atoms with van der Waals surface area (Å²) in [5, 5.41) is 0.789. The zero-order valence-electron chi connectivity index (χ0n) is 18.4. The van der Waals surface area contributed by atoms with Crippen LogP contribution in [0.1, 0.15) is 16.1 Å². The van der Waals surface area contributed by atoms with Crippen LogP contribution in [0.2, 0.25) is 10.0 Å². The quantitative estimate of drug-likeness (QED) is 0.390. The molecule has 1 aromatic heterocycles. The Labute approximate surface area is 212 Å². The van der Waals surface area contributed by atoms with Crippen LogP contribution in [-0.2, 0) is 4.79 Å². The monoisotopic (exact) mass is 516 g/mol. The van der Waals surface area contributed by atoms with E-state index in [0.717, 1.165) is 15.5 Å². The van der Waals surface area contributed by atoms with Gasteiger partial charge in [-0.2, -0.15) is 0 Å². The van der Waals surface area contributed by atoms with Crippen LogP contribution in [-0.4, -0.2) is 54.9 Å². The molecule has 9 heteroatoms. The molecule has 0 radical (unpaired) electrons. The summed E-state index contributed by atoms with van der Waals surface area (Å²) >= 11 is 14.5. The first-order valence-corrected chi connectivity index (χ1v) is 12.1. The van der Waals surface area contributed by atoms with E-state index < -0.39 is 0 Å². The van der Waals surface area contributed by atoms with Crippen molar-refractivity contribution in [2.24, 2.45) is 0 Å². The Hall–Kier alpha value is -2.87. The van der Waals surface area contributed by atoms with Crippen LogP contribution in [0.3, 0.4) is 0 Å². The minimum atomic E-state index is -0.167. The standard InChI is InChI=1S/C25H22Cl2N2O4S/c1-32-18-5-2-3-7-20(18)34-21-10-8-17(23(26)24(21)27)9-11-22(30)28-12-14-29(15-13-28)25(31)19-6-4-16-33-19/h2-11,16H,12-15H2,1H3/b11-9+. The van der Waals surface area contributed by atoms with E-state index in [1.165, 1.54) is 24.1 Å². The molecule has 0 aliphatic carbocycles. The van der Waals surface area contributed by atoms with Crippen molar-refractivity contribution >= 4 is 52.9 Å². The molecule has 1 aliphatic rings. The number of benzene rings is 2. The van der Waals surface area contributed by atoms with E-state index in [0.29, 0.717) is 47.5 Å². The highest BCUT2D eigenvalue weighted by molar-refractivity contribution is 7.99. The summed E-state index contributed by atoms with van der Waals surface area (Å²) < 4.78 is 10.6. The van der Waals surface area contributed by atoms with Gasteiger partial charge in [-0.1, -0.05) is 53.2 Å². The van der Waals surface area contributed by atoms with Crippen molar-refractivity contribution in [3.63, 3.8) is 0 Å². The predicted molar refractivity (Wildman–Crippen MR) is 134 cm³/mol. The number of rotatable bonds is 6. The number of furan rings is 1. The van der Waals surface area contributed by atoms with Crippen LogP contribution < -0.4 is 4.74 Å². The summed E-state index contributed by atoms with van der Waals surface area (Å²) in [6, 6.07) is 14.7. The Balaban J connectivity index is 1.38. The Morgan fingerprint density at radius 2 is 1.68 bits per heavy atom. The molecule has 0 N–H and O–H groups in total. The minimum Gasteiger partial charge on any atom is -0.496 e. The lowest BCUT2D eigenvalue weighted by molar-refractivity contribution is -0.127. The number of nitrogens with zero attached hydrogens (tertiary/aromatic N) is 2. The van der Waals surface area contributed by atoms with E-state index in [2.05, 4.69) is 0 Å². The number of methoxy groups -OCH3 is 1. The molecule has 2 amide bonds. The van der Waals surface area contributed by atoms with E-state index in [4.69, 9.17) is 32.4 Å². The van der Waals surface area contributed by atoms with Gasteiger partial charge in [0.25, 0.3) is 5.91 Å². The first kappa shape index (κ1) is 24.3. The maximum Gasteiger partial charge on any atom is 0.289 e. The third-order valence-electron chi connectivity index (χ3n) is 5.38. The lowest BCUT2D eigenvalue weighted by Gasteiger charge is -2.33. The van der Waals surface area contributed by atoms with Crippen LogP contribution in [0, 0.1) is 0 Å². The Morgan fingerprint density at radius 3 is 2.38 bits per heavy atom. The van der Waals surface area contributed by atoms with Gasteiger partial charge >= 0.3 is 0 Å². The van der Waals surface area contributed by atoms with Crippen LogP contribution in [0.25, 0.3) is 6.08 Å². The van der Waals surface area contributed by atoms with E-state index >= 15 is 0 Å². The maximum atomic E-state index is 12.7. The van der Waals surface area contributed by atoms with Crippen molar-refractivity contribution in [2.45, 2.75) is 9.79 Å². The zero-order chi connectivity index (χ0) is 24.1. The zero-order valence-corrected chi connectivity index (χ0v) is 20.7.